The van der Waals surface area contributed by atoms with Gasteiger partial charge in [0.15, 0.2) is 5.82 Å². The van der Waals surface area contributed by atoms with Crippen molar-refractivity contribution in [1.29, 1.82) is 0 Å². The van der Waals surface area contributed by atoms with Crippen LogP contribution in [0, 0.1) is 5.82 Å². The van der Waals surface area contributed by atoms with Gasteiger partial charge in [-0.15, -0.1) is 0 Å². The molecule has 0 aromatic heterocycles. The largest absolute Gasteiger partial charge is 0.389 e. The zero-order valence-electron chi connectivity index (χ0n) is 11.2. The summed E-state index contributed by atoms with van der Waals surface area (Å²) in [6, 6.07) is 2.82. The molecule has 7 heteroatoms. The second-order valence-corrected chi connectivity index (χ2v) is 4.87. The van der Waals surface area contributed by atoms with Gasteiger partial charge in [0.2, 0.25) is 0 Å². The SMILES string of the molecule is CCOCCOCC(O)CNc1cc(Cl)c(F)c(Cl)c1. The molecule has 0 aliphatic carbocycles. The van der Waals surface area contributed by atoms with Gasteiger partial charge < -0.3 is 19.9 Å². The van der Waals surface area contributed by atoms with Gasteiger partial charge in [-0.25, -0.2) is 4.39 Å². The number of hydrogen-bond acceptors (Lipinski definition) is 4. The summed E-state index contributed by atoms with van der Waals surface area (Å²) < 4.78 is 23.5. The summed E-state index contributed by atoms with van der Waals surface area (Å²) in [5.74, 6) is -0.654. The molecule has 1 unspecified atom stereocenters. The molecule has 1 atom stereocenters. The predicted molar refractivity (Wildman–Crippen MR) is 78.2 cm³/mol. The monoisotopic (exact) mass is 325 g/mol. The topological polar surface area (TPSA) is 50.7 Å². The molecule has 0 saturated carbocycles. The lowest BCUT2D eigenvalue weighted by atomic mass is 10.3. The highest BCUT2D eigenvalue weighted by atomic mass is 35.5. The Hall–Kier alpha value is -0.590. The third-order valence-electron chi connectivity index (χ3n) is 2.41. The average Bonchev–Trinajstić information content (AvgIpc) is 2.42. The van der Waals surface area contributed by atoms with E-state index >= 15 is 0 Å². The third-order valence-corrected chi connectivity index (χ3v) is 2.96. The number of rotatable bonds is 9. The van der Waals surface area contributed by atoms with Crippen LogP contribution in [-0.4, -0.2) is 44.2 Å². The van der Waals surface area contributed by atoms with Crippen LogP contribution in [0.5, 0.6) is 0 Å². The van der Waals surface area contributed by atoms with Gasteiger partial charge in [0.1, 0.15) is 0 Å². The molecule has 1 aromatic carbocycles. The van der Waals surface area contributed by atoms with Crippen LogP contribution >= 0.6 is 23.2 Å². The summed E-state index contributed by atoms with van der Waals surface area (Å²) >= 11 is 11.3. The van der Waals surface area contributed by atoms with E-state index in [9.17, 15) is 9.50 Å². The van der Waals surface area contributed by atoms with Crippen molar-refractivity contribution in [2.75, 3.05) is 38.3 Å². The summed E-state index contributed by atoms with van der Waals surface area (Å²) in [5, 5.41) is 12.5. The van der Waals surface area contributed by atoms with E-state index in [2.05, 4.69) is 5.32 Å². The first kappa shape index (κ1) is 17.5. The van der Waals surface area contributed by atoms with Crippen molar-refractivity contribution in [2.24, 2.45) is 0 Å². The molecule has 0 heterocycles. The molecule has 0 aliphatic heterocycles. The summed E-state index contributed by atoms with van der Waals surface area (Å²) in [4.78, 5) is 0. The summed E-state index contributed by atoms with van der Waals surface area (Å²) in [6.45, 7) is 3.89. The number of halogens is 3. The zero-order valence-corrected chi connectivity index (χ0v) is 12.7. The Bertz CT molecular complexity index is 398. The molecule has 4 nitrogen and oxygen atoms in total. The molecule has 0 amide bonds. The van der Waals surface area contributed by atoms with Crippen molar-refractivity contribution in [3.05, 3.63) is 28.0 Å². The van der Waals surface area contributed by atoms with E-state index in [1.54, 1.807) is 0 Å². The maximum atomic E-state index is 13.2. The van der Waals surface area contributed by atoms with Crippen LogP contribution in [0.2, 0.25) is 10.0 Å². The first-order valence-electron chi connectivity index (χ1n) is 6.26. The van der Waals surface area contributed by atoms with Gasteiger partial charge in [0, 0.05) is 18.8 Å². The Kier molecular flexibility index (Phi) is 8.18. The number of aliphatic hydroxyl groups excluding tert-OH is 1. The van der Waals surface area contributed by atoms with Gasteiger partial charge in [-0.2, -0.15) is 0 Å². The first-order chi connectivity index (χ1) is 9.54. The maximum absolute atomic E-state index is 13.2. The number of hydrogen-bond donors (Lipinski definition) is 2. The molecule has 1 rings (SSSR count). The van der Waals surface area contributed by atoms with E-state index in [1.165, 1.54) is 12.1 Å². The molecular formula is C13H18Cl2FNO3. The van der Waals surface area contributed by atoms with Gasteiger partial charge in [-0.1, -0.05) is 23.2 Å². The Balaban J connectivity index is 2.28. The van der Waals surface area contributed by atoms with Crippen LogP contribution < -0.4 is 5.32 Å². The van der Waals surface area contributed by atoms with Crippen molar-refractivity contribution in [3.8, 4) is 0 Å². The highest BCUT2D eigenvalue weighted by molar-refractivity contribution is 6.35. The van der Waals surface area contributed by atoms with E-state index in [0.717, 1.165) is 0 Å². The molecule has 0 radical (unpaired) electrons. The molecule has 0 bridgehead atoms. The number of anilines is 1. The van der Waals surface area contributed by atoms with Crippen molar-refractivity contribution >= 4 is 28.9 Å². The fourth-order valence-electron chi connectivity index (χ4n) is 1.43. The summed E-state index contributed by atoms with van der Waals surface area (Å²) in [7, 11) is 0. The fraction of sp³-hybridized carbons (Fsp3) is 0.538. The summed E-state index contributed by atoms with van der Waals surface area (Å²) in [6.07, 6.45) is -0.695. The second kappa shape index (κ2) is 9.37. The Morgan fingerprint density at radius 1 is 1.25 bits per heavy atom. The van der Waals surface area contributed by atoms with Crippen LogP contribution in [0.3, 0.4) is 0 Å². The van der Waals surface area contributed by atoms with Crippen LogP contribution in [-0.2, 0) is 9.47 Å². The van der Waals surface area contributed by atoms with Gasteiger partial charge >= 0.3 is 0 Å². The van der Waals surface area contributed by atoms with Gasteiger partial charge in [-0.3, -0.25) is 0 Å². The van der Waals surface area contributed by atoms with Crippen LogP contribution in [0.4, 0.5) is 10.1 Å². The molecule has 2 N–H and O–H groups in total. The number of ether oxygens (including phenoxy) is 2. The number of aliphatic hydroxyl groups is 1. The Labute approximate surface area is 127 Å². The van der Waals surface area contributed by atoms with Crippen molar-refractivity contribution in [2.45, 2.75) is 13.0 Å². The predicted octanol–water partition coefficient (Wildman–Crippen LogP) is 2.96. The van der Waals surface area contributed by atoms with Crippen molar-refractivity contribution in [3.63, 3.8) is 0 Å². The quantitative estimate of drug-likeness (QED) is 0.541. The van der Waals surface area contributed by atoms with Crippen molar-refractivity contribution < 1.29 is 19.0 Å². The molecule has 0 fully saturated rings. The maximum Gasteiger partial charge on any atom is 0.160 e. The first-order valence-corrected chi connectivity index (χ1v) is 7.02. The van der Waals surface area contributed by atoms with E-state index in [0.29, 0.717) is 25.5 Å². The van der Waals surface area contributed by atoms with Crippen LogP contribution in [0.1, 0.15) is 6.92 Å². The van der Waals surface area contributed by atoms with E-state index in [-0.39, 0.29) is 23.2 Å². The van der Waals surface area contributed by atoms with Crippen LogP contribution in [0.25, 0.3) is 0 Å². The summed E-state index contributed by atoms with van der Waals surface area (Å²) in [5.41, 5.74) is 0.537. The molecule has 20 heavy (non-hydrogen) atoms. The minimum Gasteiger partial charge on any atom is -0.389 e. The molecular weight excluding hydrogens is 308 g/mol. The average molecular weight is 326 g/mol. The number of benzene rings is 1. The van der Waals surface area contributed by atoms with E-state index in [1.807, 2.05) is 6.92 Å². The molecule has 0 saturated heterocycles. The molecule has 0 aliphatic rings. The Morgan fingerprint density at radius 2 is 1.85 bits per heavy atom. The lowest BCUT2D eigenvalue weighted by Crippen LogP contribution is -2.25. The fourth-order valence-corrected chi connectivity index (χ4v) is 1.92. The zero-order chi connectivity index (χ0) is 15.0. The highest BCUT2D eigenvalue weighted by Crippen LogP contribution is 2.27. The van der Waals surface area contributed by atoms with Crippen LogP contribution in [0.15, 0.2) is 12.1 Å². The smallest absolute Gasteiger partial charge is 0.160 e. The lowest BCUT2D eigenvalue weighted by Gasteiger charge is -2.14. The molecule has 0 spiro atoms. The van der Waals surface area contributed by atoms with E-state index < -0.39 is 11.9 Å². The normalized spacial score (nSPS) is 12.4. The minimum absolute atomic E-state index is 0.0672. The van der Waals surface area contributed by atoms with E-state index in [4.69, 9.17) is 32.7 Å². The van der Waals surface area contributed by atoms with Gasteiger partial charge in [0.25, 0.3) is 0 Å². The highest BCUT2D eigenvalue weighted by Gasteiger charge is 2.09. The minimum atomic E-state index is -0.695. The Morgan fingerprint density at radius 3 is 2.45 bits per heavy atom. The van der Waals surface area contributed by atoms with Gasteiger partial charge in [-0.05, 0) is 19.1 Å². The third kappa shape index (κ3) is 6.24. The molecule has 114 valence electrons. The number of nitrogens with one attached hydrogen (secondary N) is 1. The lowest BCUT2D eigenvalue weighted by molar-refractivity contribution is 0.0103. The second-order valence-electron chi connectivity index (χ2n) is 4.06. The standard InChI is InChI=1S/C13H18Cl2FNO3/c1-2-19-3-4-20-8-10(18)7-17-9-5-11(14)13(16)12(15)6-9/h5-6,10,17-18H,2-4,7-8H2,1H3. The van der Waals surface area contributed by atoms with Gasteiger partial charge in [0.05, 0.1) is 36.0 Å². The molecule has 1 aromatic rings. The van der Waals surface area contributed by atoms with Crippen molar-refractivity contribution in [1.82, 2.24) is 0 Å².